The number of phenolic OH excluding ortho intramolecular Hbond substituents is 1. The average molecular weight is 357 g/mol. The van der Waals surface area contributed by atoms with Gasteiger partial charge in [-0.1, -0.05) is 19.4 Å². The molecule has 132 valence electrons. The summed E-state index contributed by atoms with van der Waals surface area (Å²) in [7, 11) is 2.01. The molecular weight excluding hydrogens is 334 g/mol. The number of benzene rings is 1. The Morgan fingerprint density at radius 1 is 1.40 bits per heavy atom. The first-order chi connectivity index (χ1) is 12.0. The molecule has 5 heteroatoms. The van der Waals surface area contributed by atoms with E-state index in [1.807, 2.05) is 31.5 Å². The Labute approximate surface area is 152 Å². The molecule has 0 spiro atoms. The minimum atomic E-state index is -0.113. The maximum Gasteiger partial charge on any atom is 0.232 e. The van der Waals surface area contributed by atoms with Gasteiger partial charge in [-0.15, -0.1) is 11.3 Å². The average Bonchev–Trinajstić information content (AvgIpc) is 3.18. The van der Waals surface area contributed by atoms with E-state index in [2.05, 4.69) is 11.8 Å². The summed E-state index contributed by atoms with van der Waals surface area (Å²) in [5, 5.41) is 12.4. The topological polar surface area (TPSA) is 49.8 Å². The van der Waals surface area contributed by atoms with E-state index in [1.54, 1.807) is 23.5 Å². The van der Waals surface area contributed by atoms with E-state index in [0.29, 0.717) is 29.2 Å². The zero-order valence-corrected chi connectivity index (χ0v) is 15.7. The van der Waals surface area contributed by atoms with Crippen LogP contribution in [-0.4, -0.2) is 29.4 Å². The largest absolute Gasteiger partial charge is 0.507 e. The number of ketones is 1. The van der Waals surface area contributed by atoms with Crippen LogP contribution < -0.4 is 4.74 Å². The van der Waals surface area contributed by atoms with Crippen LogP contribution in [0.5, 0.6) is 11.5 Å². The molecule has 25 heavy (non-hydrogen) atoms. The van der Waals surface area contributed by atoms with E-state index in [1.165, 1.54) is 0 Å². The number of carbonyl (C=O) groups is 1. The van der Waals surface area contributed by atoms with Crippen molar-refractivity contribution in [1.29, 1.82) is 0 Å². The minimum Gasteiger partial charge on any atom is -0.507 e. The van der Waals surface area contributed by atoms with Crippen LogP contribution in [-0.2, 0) is 6.54 Å². The van der Waals surface area contributed by atoms with Crippen molar-refractivity contribution >= 4 is 23.2 Å². The van der Waals surface area contributed by atoms with Crippen molar-refractivity contribution in [3.8, 4) is 11.5 Å². The number of aryl methyl sites for hydroxylation is 1. The van der Waals surface area contributed by atoms with Crippen molar-refractivity contribution in [1.82, 2.24) is 4.90 Å². The van der Waals surface area contributed by atoms with E-state index < -0.39 is 0 Å². The molecule has 0 aliphatic carbocycles. The van der Waals surface area contributed by atoms with Crippen molar-refractivity contribution in [2.75, 3.05) is 13.6 Å². The normalized spacial score (nSPS) is 15.0. The summed E-state index contributed by atoms with van der Waals surface area (Å²) in [5.74, 6) is 0.903. The van der Waals surface area contributed by atoms with E-state index in [9.17, 15) is 9.90 Å². The number of hydrogen-bond acceptors (Lipinski definition) is 5. The van der Waals surface area contributed by atoms with Crippen molar-refractivity contribution in [2.24, 2.45) is 0 Å². The molecule has 1 aliphatic rings. The Morgan fingerprint density at radius 2 is 2.20 bits per heavy atom. The van der Waals surface area contributed by atoms with E-state index in [4.69, 9.17) is 4.74 Å². The molecule has 3 rings (SSSR count). The highest BCUT2D eigenvalue weighted by Gasteiger charge is 2.33. The fourth-order valence-corrected chi connectivity index (χ4v) is 3.66. The summed E-state index contributed by atoms with van der Waals surface area (Å²) < 4.78 is 5.92. The number of ether oxygens (including phenoxy) is 1. The second kappa shape index (κ2) is 7.42. The van der Waals surface area contributed by atoms with E-state index >= 15 is 0 Å². The molecule has 1 aromatic carbocycles. The van der Waals surface area contributed by atoms with Gasteiger partial charge in [-0.2, -0.15) is 0 Å². The van der Waals surface area contributed by atoms with Crippen LogP contribution in [0.2, 0.25) is 0 Å². The highest BCUT2D eigenvalue weighted by atomic mass is 32.1. The van der Waals surface area contributed by atoms with Gasteiger partial charge in [-0.25, -0.2) is 0 Å². The standard InChI is InChI=1S/C20H23NO3S/c1-4-5-8-21(3)12-15-16(22)10-13(2)18-19(23)17(24-20(15)18)11-14-7-6-9-25-14/h6-7,9-11,22H,4-5,8,12H2,1-3H3/b17-11-. The Balaban J connectivity index is 1.96. The van der Waals surface area contributed by atoms with Crippen LogP contribution in [0.25, 0.3) is 6.08 Å². The lowest BCUT2D eigenvalue weighted by atomic mass is 9.99. The van der Waals surface area contributed by atoms with Gasteiger partial charge in [0.25, 0.3) is 0 Å². The monoisotopic (exact) mass is 357 g/mol. The van der Waals surface area contributed by atoms with Gasteiger partial charge >= 0.3 is 0 Å². The first-order valence-corrected chi connectivity index (χ1v) is 9.41. The van der Waals surface area contributed by atoms with Crippen LogP contribution in [0.15, 0.2) is 29.3 Å². The summed E-state index contributed by atoms with van der Waals surface area (Å²) in [6, 6.07) is 5.55. The molecule has 2 aromatic rings. The molecular formula is C20H23NO3S. The second-order valence-corrected chi connectivity index (χ2v) is 7.42. The SMILES string of the molecule is CCCCN(C)Cc1c(O)cc(C)c2c1O/C(=C\c1cccs1)C2=O. The Bertz CT molecular complexity index is 809. The number of rotatable bonds is 6. The maximum absolute atomic E-state index is 12.8. The van der Waals surface area contributed by atoms with Gasteiger partial charge in [0.05, 0.1) is 11.1 Å². The van der Waals surface area contributed by atoms with Gasteiger partial charge in [0.15, 0.2) is 5.76 Å². The molecule has 0 saturated heterocycles. The molecule has 1 N–H and O–H groups in total. The highest BCUT2D eigenvalue weighted by Crippen LogP contribution is 2.42. The molecule has 0 radical (unpaired) electrons. The summed E-state index contributed by atoms with van der Waals surface area (Å²) in [6.07, 6.45) is 3.98. The van der Waals surface area contributed by atoms with E-state index in [0.717, 1.165) is 29.8 Å². The molecule has 1 aromatic heterocycles. The second-order valence-electron chi connectivity index (χ2n) is 6.44. The number of allylic oxidation sites excluding steroid dienone is 1. The molecule has 0 unspecified atom stereocenters. The molecule has 0 amide bonds. The fourth-order valence-electron chi connectivity index (χ4n) is 3.01. The van der Waals surface area contributed by atoms with Crippen molar-refractivity contribution in [3.63, 3.8) is 0 Å². The third-order valence-electron chi connectivity index (χ3n) is 4.36. The number of fused-ring (bicyclic) bond motifs is 1. The number of unbranched alkanes of at least 4 members (excludes halogenated alkanes) is 1. The smallest absolute Gasteiger partial charge is 0.232 e. The minimum absolute atomic E-state index is 0.113. The zero-order chi connectivity index (χ0) is 18.0. The maximum atomic E-state index is 12.8. The Kier molecular flexibility index (Phi) is 5.25. The van der Waals surface area contributed by atoms with Crippen LogP contribution in [0, 0.1) is 6.92 Å². The molecule has 4 nitrogen and oxygen atoms in total. The molecule has 1 aliphatic heterocycles. The van der Waals surface area contributed by atoms with Crippen LogP contribution in [0.4, 0.5) is 0 Å². The quantitative estimate of drug-likeness (QED) is 0.767. The van der Waals surface area contributed by atoms with Gasteiger partial charge in [-0.3, -0.25) is 4.79 Å². The number of thiophene rings is 1. The van der Waals surface area contributed by atoms with Gasteiger partial charge in [-0.05, 0) is 50.0 Å². The molecule has 0 atom stereocenters. The van der Waals surface area contributed by atoms with Gasteiger partial charge in [0.2, 0.25) is 5.78 Å². The number of phenols is 1. The lowest BCUT2D eigenvalue weighted by molar-refractivity contribution is 0.101. The van der Waals surface area contributed by atoms with E-state index in [-0.39, 0.29) is 11.5 Å². The summed E-state index contributed by atoms with van der Waals surface area (Å²) in [5.41, 5.74) is 1.99. The van der Waals surface area contributed by atoms with Crippen molar-refractivity contribution in [2.45, 2.75) is 33.2 Å². The summed E-state index contributed by atoms with van der Waals surface area (Å²) in [4.78, 5) is 15.9. The lowest BCUT2D eigenvalue weighted by Gasteiger charge is -2.19. The fraction of sp³-hybridized carbons (Fsp3) is 0.350. The first-order valence-electron chi connectivity index (χ1n) is 8.53. The van der Waals surface area contributed by atoms with Gasteiger partial charge < -0.3 is 14.7 Å². The van der Waals surface area contributed by atoms with Crippen LogP contribution >= 0.6 is 11.3 Å². The van der Waals surface area contributed by atoms with Crippen LogP contribution in [0.1, 0.15) is 46.1 Å². The van der Waals surface area contributed by atoms with Gasteiger partial charge in [0, 0.05) is 17.5 Å². The van der Waals surface area contributed by atoms with Crippen molar-refractivity contribution in [3.05, 3.63) is 50.9 Å². The predicted octanol–water partition coefficient (Wildman–Crippen LogP) is 4.61. The Hall–Kier alpha value is -2.11. The zero-order valence-electron chi connectivity index (χ0n) is 14.8. The predicted molar refractivity (Wildman–Crippen MR) is 101 cm³/mol. The Morgan fingerprint density at radius 3 is 2.88 bits per heavy atom. The molecule has 0 bridgehead atoms. The number of Topliss-reactive ketones (excluding diaryl/α,β-unsaturated/α-hetero) is 1. The third-order valence-corrected chi connectivity index (χ3v) is 5.18. The number of carbonyl (C=O) groups excluding carboxylic acids is 1. The van der Waals surface area contributed by atoms with Gasteiger partial charge in [0.1, 0.15) is 11.5 Å². The first kappa shape index (κ1) is 17.7. The lowest BCUT2D eigenvalue weighted by Crippen LogP contribution is -2.19. The number of aromatic hydroxyl groups is 1. The third kappa shape index (κ3) is 3.62. The number of nitrogens with zero attached hydrogens (tertiary/aromatic N) is 1. The van der Waals surface area contributed by atoms with Crippen LogP contribution in [0.3, 0.4) is 0 Å². The molecule has 2 heterocycles. The molecule has 0 fully saturated rings. The molecule has 0 saturated carbocycles. The highest BCUT2D eigenvalue weighted by molar-refractivity contribution is 7.10. The summed E-state index contributed by atoms with van der Waals surface area (Å²) >= 11 is 1.56. The van der Waals surface area contributed by atoms with Crippen molar-refractivity contribution < 1.29 is 14.6 Å². The number of hydrogen-bond donors (Lipinski definition) is 1. The summed E-state index contributed by atoms with van der Waals surface area (Å²) in [6.45, 7) is 5.47.